The molecule has 0 aliphatic carbocycles. The zero-order valence-electron chi connectivity index (χ0n) is 12.4. The maximum atomic E-state index is 12.5. The van der Waals surface area contributed by atoms with Crippen LogP contribution in [-0.4, -0.2) is 19.5 Å². The lowest BCUT2D eigenvalue weighted by molar-refractivity contribution is -0.137. The van der Waals surface area contributed by atoms with Crippen LogP contribution in [0.15, 0.2) is 53.4 Å². The summed E-state index contributed by atoms with van der Waals surface area (Å²) >= 11 is 6.07. The van der Waals surface area contributed by atoms with Gasteiger partial charge in [0.1, 0.15) is 0 Å². The third-order valence-corrected chi connectivity index (χ3v) is 5.12. The number of aliphatic carboxylic acids is 1. The van der Waals surface area contributed by atoms with Gasteiger partial charge in [0.15, 0.2) is 0 Å². The number of aryl methyl sites for hydroxylation is 1. The number of nitrogens with one attached hydrogen (secondary N) is 1. The van der Waals surface area contributed by atoms with Crippen LogP contribution in [0.2, 0.25) is 5.02 Å². The molecule has 7 heteroatoms. The fourth-order valence-corrected chi connectivity index (χ4v) is 3.60. The first kappa shape index (κ1) is 17.5. The maximum Gasteiger partial charge on any atom is 0.305 e. The van der Waals surface area contributed by atoms with E-state index in [2.05, 4.69) is 4.72 Å². The van der Waals surface area contributed by atoms with E-state index in [9.17, 15) is 13.2 Å². The van der Waals surface area contributed by atoms with E-state index in [0.717, 1.165) is 5.56 Å². The largest absolute Gasteiger partial charge is 0.481 e. The van der Waals surface area contributed by atoms with Crippen LogP contribution in [0.4, 0.5) is 0 Å². The maximum absolute atomic E-state index is 12.5. The van der Waals surface area contributed by atoms with Gasteiger partial charge in [0.05, 0.1) is 17.4 Å². The normalized spacial score (nSPS) is 12.8. The Morgan fingerprint density at radius 3 is 2.35 bits per heavy atom. The highest BCUT2D eigenvalue weighted by Crippen LogP contribution is 2.27. The van der Waals surface area contributed by atoms with Gasteiger partial charge in [-0.2, -0.15) is 0 Å². The number of carbonyl (C=O) groups is 1. The van der Waals surface area contributed by atoms with Crippen LogP contribution >= 0.6 is 11.6 Å². The van der Waals surface area contributed by atoms with Crippen molar-refractivity contribution in [2.24, 2.45) is 0 Å². The molecule has 0 heterocycles. The quantitative estimate of drug-likeness (QED) is 0.835. The van der Waals surface area contributed by atoms with Crippen LogP contribution < -0.4 is 4.72 Å². The average Bonchev–Trinajstić information content (AvgIpc) is 2.46. The van der Waals surface area contributed by atoms with Crippen molar-refractivity contribution in [3.8, 4) is 0 Å². The van der Waals surface area contributed by atoms with Gasteiger partial charge in [0.25, 0.3) is 0 Å². The summed E-state index contributed by atoms with van der Waals surface area (Å²) in [6, 6.07) is 11.9. The van der Waals surface area contributed by atoms with Crippen molar-refractivity contribution in [1.82, 2.24) is 4.72 Å². The Bertz CT molecular complexity index is 803. The molecular weight excluding hydrogens is 338 g/mol. The molecule has 0 aromatic heterocycles. The average molecular weight is 354 g/mol. The highest BCUT2D eigenvalue weighted by atomic mass is 35.5. The number of carboxylic acid groups (broad SMARTS) is 1. The van der Waals surface area contributed by atoms with E-state index in [4.69, 9.17) is 16.7 Å². The molecule has 2 aromatic carbocycles. The molecule has 0 spiro atoms. The molecule has 5 nitrogen and oxygen atoms in total. The summed E-state index contributed by atoms with van der Waals surface area (Å²) in [7, 11) is -3.86. The van der Waals surface area contributed by atoms with Crippen molar-refractivity contribution < 1.29 is 18.3 Å². The van der Waals surface area contributed by atoms with Crippen molar-refractivity contribution in [3.05, 3.63) is 64.7 Å². The molecule has 1 unspecified atom stereocenters. The summed E-state index contributed by atoms with van der Waals surface area (Å²) < 4.78 is 27.4. The zero-order chi connectivity index (χ0) is 17.0. The lowest BCUT2D eigenvalue weighted by atomic mass is 10.1. The van der Waals surface area contributed by atoms with E-state index in [0.29, 0.717) is 10.6 Å². The number of halogens is 1. The number of hydrogen-bond donors (Lipinski definition) is 2. The van der Waals surface area contributed by atoms with Crippen molar-refractivity contribution in [3.63, 3.8) is 0 Å². The Morgan fingerprint density at radius 2 is 1.78 bits per heavy atom. The van der Waals surface area contributed by atoms with Crippen molar-refractivity contribution in [1.29, 1.82) is 0 Å². The minimum Gasteiger partial charge on any atom is -0.481 e. The van der Waals surface area contributed by atoms with E-state index in [1.54, 1.807) is 36.4 Å². The Balaban J connectivity index is 2.36. The number of hydrogen-bond acceptors (Lipinski definition) is 3. The smallest absolute Gasteiger partial charge is 0.305 e. The molecule has 0 saturated heterocycles. The highest BCUT2D eigenvalue weighted by Gasteiger charge is 2.25. The van der Waals surface area contributed by atoms with E-state index < -0.39 is 28.5 Å². The minimum atomic E-state index is -3.86. The van der Waals surface area contributed by atoms with Crippen LogP contribution in [0, 0.1) is 6.92 Å². The van der Waals surface area contributed by atoms with E-state index in [1.807, 2.05) is 6.92 Å². The Morgan fingerprint density at radius 1 is 1.17 bits per heavy atom. The number of carboxylic acids is 1. The first-order valence-corrected chi connectivity index (χ1v) is 8.71. The summed E-state index contributed by atoms with van der Waals surface area (Å²) in [5.41, 5.74) is 1.35. The van der Waals surface area contributed by atoms with Gasteiger partial charge >= 0.3 is 5.97 Å². The molecule has 0 saturated carbocycles. The zero-order valence-corrected chi connectivity index (χ0v) is 13.9. The molecule has 0 bridgehead atoms. The predicted molar refractivity (Wildman–Crippen MR) is 87.9 cm³/mol. The van der Waals surface area contributed by atoms with Crippen LogP contribution in [0.5, 0.6) is 0 Å². The van der Waals surface area contributed by atoms with Crippen molar-refractivity contribution >= 4 is 27.6 Å². The number of sulfonamides is 1. The predicted octanol–water partition coefficient (Wildman–Crippen LogP) is 3.14. The third-order valence-electron chi connectivity index (χ3n) is 3.29. The topological polar surface area (TPSA) is 83.5 Å². The third kappa shape index (κ3) is 4.54. The number of benzene rings is 2. The minimum absolute atomic E-state index is 0.0746. The molecule has 122 valence electrons. The Kier molecular flexibility index (Phi) is 5.41. The Hall–Kier alpha value is -1.89. The summed E-state index contributed by atoms with van der Waals surface area (Å²) in [5.74, 6) is -1.12. The summed E-state index contributed by atoms with van der Waals surface area (Å²) in [6.45, 7) is 1.85. The molecule has 2 rings (SSSR count). The van der Waals surface area contributed by atoms with Gasteiger partial charge < -0.3 is 5.11 Å². The van der Waals surface area contributed by atoms with Crippen LogP contribution in [0.1, 0.15) is 23.6 Å². The number of rotatable bonds is 6. The van der Waals surface area contributed by atoms with Gasteiger partial charge in [0.2, 0.25) is 10.0 Å². The van der Waals surface area contributed by atoms with Crippen molar-refractivity contribution in [2.45, 2.75) is 24.3 Å². The fraction of sp³-hybridized carbons (Fsp3) is 0.188. The fourth-order valence-electron chi connectivity index (χ4n) is 2.12. The van der Waals surface area contributed by atoms with E-state index in [1.165, 1.54) is 12.1 Å². The van der Waals surface area contributed by atoms with Crippen molar-refractivity contribution in [2.75, 3.05) is 0 Å². The lowest BCUT2D eigenvalue weighted by Crippen LogP contribution is -2.30. The molecule has 23 heavy (non-hydrogen) atoms. The summed E-state index contributed by atoms with van der Waals surface area (Å²) in [5, 5.41) is 9.37. The molecule has 0 aliphatic rings. The summed E-state index contributed by atoms with van der Waals surface area (Å²) in [6.07, 6.45) is -0.408. The molecule has 1 atom stereocenters. The van der Waals surface area contributed by atoms with E-state index in [-0.39, 0.29) is 4.90 Å². The van der Waals surface area contributed by atoms with Gasteiger partial charge in [-0.1, -0.05) is 47.5 Å². The molecule has 0 radical (unpaired) electrons. The first-order chi connectivity index (χ1) is 10.8. The molecule has 2 N–H and O–H groups in total. The van der Waals surface area contributed by atoms with Crippen LogP contribution in [0.3, 0.4) is 0 Å². The van der Waals surface area contributed by atoms with Crippen LogP contribution in [0.25, 0.3) is 0 Å². The molecule has 0 fully saturated rings. The lowest BCUT2D eigenvalue weighted by Gasteiger charge is -2.18. The van der Waals surface area contributed by atoms with Gasteiger partial charge in [-0.3, -0.25) is 4.79 Å². The van der Waals surface area contributed by atoms with Gasteiger partial charge in [-0.25, -0.2) is 13.1 Å². The molecular formula is C16H16ClNO4S. The monoisotopic (exact) mass is 353 g/mol. The Labute approximate surface area is 140 Å². The van der Waals surface area contributed by atoms with E-state index >= 15 is 0 Å². The first-order valence-electron chi connectivity index (χ1n) is 6.85. The van der Waals surface area contributed by atoms with Gasteiger partial charge in [0, 0.05) is 5.02 Å². The second kappa shape index (κ2) is 7.12. The molecule has 0 aliphatic heterocycles. The second-order valence-corrected chi connectivity index (χ2v) is 7.23. The highest BCUT2D eigenvalue weighted by molar-refractivity contribution is 7.89. The van der Waals surface area contributed by atoms with Gasteiger partial charge in [-0.15, -0.1) is 0 Å². The standard InChI is InChI=1S/C16H16ClNO4S/c1-11-6-8-12(9-7-11)23(21,22)18-15(10-16(19)20)13-4-2-3-5-14(13)17/h2-9,15,18H,10H2,1H3,(H,19,20). The summed E-state index contributed by atoms with van der Waals surface area (Å²) in [4.78, 5) is 11.2. The molecule has 0 amide bonds. The van der Waals surface area contributed by atoms with Crippen LogP contribution in [-0.2, 0) is 14.8 Å². The molecule has 2 aromatic rings. The SMILES string of the molecule is Cc1ccc(S(=O)(=O)NC(CC(=O)O)c2ccccc2Cl)cc1. The second-order valence-electron chi connectivity index (χ2n) is 5.11. The van der Waals surface area contributed by atoms with Gasteiger partial charge in [-0.05, 0) is 30.7 Å².